The number of alkyl halides is 3. The summed E-state index contributed by atoms with van der Waals surface area (Å²) in [4.78, 5) is 19.6. The van der Waals surface area contributed by atoms with Gasteiger partial charge < -0.3 is 5.32 Å². The summed E-state index contributed by atoms with van der Waals surface area (Å²) < 4.78 is 38.1. The average Bonchev–Trinajstić information content (AvgIpc) is 3.40. The molecule has 0 bridgehead atoms. The van der Waals surface area contributed by atoms with Crippen LogP contribution in [0.4, 0.5) is 13.2 Å². The topological polar surface area (TPSA) is 45.2 Å². The largest absolute Gasteiger partial charge is 0.416 e. The Morgan fingerprint density at radius 3 is 2.52 bits per heavy atom. The summed E-state index contributed by atoms with van der Waals surface area (Å²) in [5.41, 5.74) is 0.443. The number of halogens is 3. The number of carbonyl (C=O) groups is 1. The molecule has 0 radical (unpaired) electrons. The first-order valence-electron chi connectivity index (χ1n) is 8.82. The Hall–Kier alpha value is -1.93. The third-order valence-electron chi connectivity index (χ3n) is 4.84. The zero-order chi connectivity index (χ0) is 19.8. The van der Waals surface area contributed by atoms with Crippen LogP contribution in [0, 0.1) is 6.92 Å². The van der Waals surface area contributed by atoms with Crippen molar-refractivity contribution in [3.05, 3.63) is 40.4 Å². The van der Waals surface area contributed by atoms with Crippen molar-refractivity contribution in [1.82, 2.24) is 15.2 Å². The van der Waals surface area contributed by atoms with Crippen LogP contribution in [0.5, 0.6) is 0 Å². The van der Waals surface area contributed by atoms with Crippen molar-refractivity contribution >= 4 is 17.2 Å². The van der Waals surface area contributed by atoms with Crippen LogP contribution in [-0.4, -0.2) is 41.5 Å². The van der Waals surface area contributed by atoms with Gasteiger partial charge in [-0.2, -0.15) is 13.2 Å². The molecule has 1 heterocycles. The predicted octanol–water partition coefficient (Wildman–Crippen LogP) is 4.35. The summed E-state index contributed by atoms with van der Waals surface area (Å²) in [5, 5.41) is 3.47. The van der Waals surface area contributed by atoms with Crippen LogP contribution in [0.2, 0.25) is 0 Å². The zero-order valence-corrected chi connectivity index (χ0v) is 16.2. The molecule has 1 unspecified atom stereocenters. The second-order valence-corrected chi connectivity index (χ2v) is 7.96. The van der Waals surface area contributed by atoms with Crippen molar-refractivity contribution < 1.29 is 18.0 Å². The van der Waals surface area contributed by atoms with Crippen LogP contribution < -0.4 is 5.32 Å². The molecule has 8 heteroatoms. The molecule has 0 spiro atoms. The third-order valence-corrected chi connectivity index (χ3v) is 6.04. The van der Waals surface area contributed by atoms with E-state index in [9.17, 15) is 18.0 Å². The van der Waals surface area contributed by atoms with Crippen molar-refractivity contribution in [2.75, 3.05) is 13.6 Å². The van der Waals surface area contributed by atoms with Crippen molar-refractivity contribution in [3.63, 3.8) is 0 Å². The van der Waals surface area contributed by atoms with Gasteiger partial charge in [0.2, 0.25) is 0 Å². The standard InChI is InChI=1S/C19H22F3N3OS/c1-11(25(3)15-8-9-15)10-23-17(26)16-12(2)24-18(27-16)13-4-6-14(7-5-13)19(20,21)22/h4-7,11,15H,8-10H2,1-3H3,(H,23,26). The fourth-order valence-electron chi connectivity index (χ4n) is 2.84. The lowest BCUT2D eigenvalue weighted by Crippen LogP contribution is -2.41. The molecule has 1 fully saturated rings. The molecular weight excluding hydrogens is 375 g/mol. The van der Waals surface area contributed by atoms with Gasteiger partial charge in [0, 0.05) is 24.2 Å². The molecule has 1 aliphatic carbocycles. The Kier molecular flexibility index (Phi) is 5.58. The lowest BCUT2D eigenvalue weighted by atomic mass is 10.1. The molecule has 3 rings (SSSR count). The fourth-order valence-corrected chi connectivity index (χ4v) is 3.83. The summed E-state index contributed by atoms with van der Waals surface area (Å²) in [6, 6.07) is 5.69. The zero-order valence-electron chi connectivity index (χ0n) is 15.4. The van der Waals surface area contributed by atoms with Crippen LogP contribution in [0.3, 0.4) is 0 Å². The van der Waals surface area contributed by atoms with Gasteiger partial charge >= 0.3 is 6.18 Å². The van der Waals surface area contributed by atoms with Crippen LogP contribution in [0.1, 0.15) is 40.7 Å². The maximum absolute atomic E-state index is 12.7. The number of hydrogen-bond acceptors (Lipinski definition) is 4. The van der Waals surface area contributed by atoms with Gasteiger partial charge in [-0.05, 0) is 45.9 Å². The number of aromatic nitrogens is 1. The molecule has 1 N–H and O–H groups in total. The van der Waals surface area contributed by atoms with Gasteiger partial charge in [-0.25, -0.2) is 4.98 Å². The first-order valence-corrected chi connectivity index (χ1v) is 9.63. The smallest absolute Gasteiger partial charge is 0.350 e. The van der Waals surface area contributed by atoms with Crippen molar-refractivity contribution in [1.29, 1.82) is 0 Å². The molecule has 1 aliphatic rings. The van der Waals surface area contributed by atoms with E-state index in [1.54, 1.807) is 6.92 Å². The minimum Gasteiger partial charge on any atom is -0.350 e. The van der Waals surface area contributed by atoms with Crippen LogP contribution in [0.15, 0.2) is 24.3 Å². The molecule has 1 aromatic carbocycles. The van der Waals surface area contributed by atoms with E-state index < -0.39 is 11.7 Å². The lowest BCUT2D eigenvalue weighted by Gasteiger charge is -2.24. The summed E-state index contributed by atoms with van der Waals surface area (Å²) in [5.74, 6) is -0.195. The van der Waals surface area contributed by atoms with E-state index in [1.165, 1.54) is 36.3 Å². The number of benzene rings is 1. The second-order valence-electron chi connectivity index (χ2n) is 6.96. The Morgan fingerprint density at radius 1 is 1.33 bits per heavy atom. The predicted molar refractivity (Wildman–Crippen MR) is 99.9 cm³/mol. The summed E-state index contributed by atoms with van der Waals surface area (Å²) >= 11 is 1.19. The van der Waals surface area contributed by atoms with Gasteiger partial charge in [0.05, 0.1) is 11.3 Å². The van der Waals surface area contributed by atoms with E-state index in [0.29, 0.717) is 33.7 Å². The molecule has 1 aromatic heterocycles. The molecule has 0 aliphatic heterocycles. The first kappa shape index (κ1) is 19.8. The molecule has 1 saturated carbocycles. The second kappa shape index (κ2) is 7.59. The Labute approximate surface area is 160 Å². The molecule has 4 nitrogen and oxygen atoms in total. The number of rotatable bonds is 6. The quantitative estimate of drug-likeness (QED) is 0.788. The Balaban J connectivity index is 1.67. The number of likely N-dealkylation sites (N-methyl/N-ethyl adjacent to an activating group) is 1. The summed E-state index contributed by atoms with van der Waals surface area (Å²) in [6.45, 7) is 4.35. The molecule has 27 heavy (non-hydrogen) atoms. The number of amides is 1. The number of hydrogen-bond donors (Lipinski definition) is 1. The Bertz CT molecular complexity index is 813. The normalized spacial score (nSPS) is 15.8. The molecule has 146 valence electrons. The molecular formula is C19H22F3N3OS. The van der Waals surface area contributed by atoms with E-state index in [2.05, 4.69) is 29.2 Å². The van der Waals surface area contributed by atoms with E-state index in [1.807, 2.05) is 0 Å². The number of aryl methyl sites for hydroxylation is 1. The highest BCUT2D eigenvalue weighted by atomic mass is 32.1. The number of nitrogens with zero attached hydrogens (tertiary/aromatic N) is 2. The SMILES string of the molecule is Cc1nc(-c2ccc(C(F)(F)F)cc2)sc1C(=O)NCC(C)N(C)C1CC1. The Morgan fingerprint density at radius 2 is 1.96 bits per heavy atom. The van der Waals surface area contributed by atoms with Crippen LogP contribution in [0.25, 0.3) is 10.6 Å². The van der Waals surface area contributed by atoms with Crippen LogP contribution >= 0.6 is 11.3 Å². The molecule has 1 atom stereocenters. The van der Waals surface area contributed by atoms with Crippen LogP contribution in [-0.2, 0) is 6.18 Å². The van der Waals surface area contributed by atoms with E-state index in [0.717, 1.165) is 12.1 Å². The molecule has 1 amide bonds. The number of nitrogens with one attached hydrogen (secondary N) is 1. The average molecular weight is 397 g/mol. The minimum absolute atomic E-state index is 0.195. The minimum atomic E-state index is -4.37. The highest BCUT2D eigenvalue weighted by Crippen LogP contribution is 2.33. The maximum atomic E-state index is 12.7. The van der Waals surface area contributed by atoms with Gasteiger partial charge in [0.25, 0.3) is 5.91 Å². The molecule has 0 saturated heterocycles. The first-order chi connectivity index (χ1) is 12.7. The summed E-state index contributed by atoms with van der Waals surface area (Å²) in [7, 11) is 2.06. The lowest BCUT2D eigenvalue weighted by molar-refractivity contribution is -0.137. The monoisotopic (exact) mass is 397 g/mol. The number of carbonyl (C=O) groups excluding carboxylic acids is 1. The van der Waals surface area contributed by atoms with Gasteiger partial charge in [0.15, 0.2) is 0 Å². The molecule has 2 aromatic rings. The van der Waals surface area contributed by atoms with Crippen molar-refractivity contribution in [3.8, 4) is 10.6 Å². The fraction of sp³-hybridized carbons (Fsp3) is 0.474. The summed E-state index contributed by atoms with van der Waals surface area (Å²) in [6.07, 6.45) is -1.95. The van der Waals surface area contributed by atoms with Gasteiger partial charge in [0.1, 0.15) is 9.88 Å². The maximum Gasteiger partial charge on any atom is 0.416 e. The van der Waals surface area contributed by atoms with E-state index >= 15 is 0 Å². The van der Waals surface area contributed by atoms with E-state index in [-0.39, 0.29) is 11.9 Å². The van der Waals surface area contributed by atoms with E-state index in [4.69, 9.17) is 0 Å². The van der Waals surface area contributed by atoms with Gasteiger partial charge in [-0.1, -0.05) is 12.1 Å². The third kappa shape index (κ3) is 4.68. The highest BCUT2D eigenvalue weighted by molar-refractivity contribution is 7.17. The number of thiazole rings is 1. The highest BCUT2D eigenvalue weighted by Gasteiger charge is 2.31. The van der Waals surface area contributed by atoms with Gasteiger partial charge in [-0.15, -0.1) is 11.3 Å². The van der Waals surface area contributed by atoms with Crippen molar-refractivity contribution in [2.45, 2.75) is 44.9 Å². The van der Waals surface area contributed by atoms with Gasteiger partial charge in [-0.3, -0.25) is 9.69 Å². The van der Waals surface area contributed by atoms with Crippen molar-refractivity contribution in [2.24, 2.45) is 0 Å².